The quantitative estimate of drug-likeness (QED) is 0.562. The van der Waals surface area contributed by atoms with Crippen molar-refractivity contribution in [1.29, 1.82) is 0 Å². The average molecular weight is 403 g/mol. The van der Waals surface area contributed by atoms with Gasteiger partial charge in [0.25, 0.3) is 0 Å². The number of alkyl halides is 3. The van der Waals surface area contributed by atoms with E-state index < -0.39 is 17.7 Å². The van der Waals surface area contributed by atoms with Crippen LogP contribution < -0.4 is 4.74 Å². The summed E-state index contributed by atoms with van der Waals surface area (Å²) in [4.78, 5) is 14.8. The molecule has 0 aliphatic heterocycles. The zero-order valence-corrected chi connectivity index (χ0v) is 15.2. The summed E-state index contributed by atoms with van der Waals surface area (Å²) in [7, 11) is 0. The summed E-state index contributed by atoms with van der Waals surface area (Å²) in [6.07, 6.45) is -1.90. The number of aliphatic carboxylic acids is 1. The molecule has 2 aromatic carbocycles. The van der Waals surface area contributed by atoms with E-state index in [1.807, 2.05) is 0 Å². The Morgan fingerprint density at radius 2 is 1.79 bits per heavy atom. The van der Waals surface area contributed by atoms with Crippen LogP contribution in [0.2, 0.25) is 0 Å². The molecule has 1 aromatic heterocycles. The molecule has 5 nitrogen and oxygen atoms in total. The van der Waals surface area contributed by atoms with Crippen LogP contribution >= 0.6 is 0 Å². The van der Waals surface area contributed by atoms with Crippen molar-refractivity contribution < 1.29 is 32.2 Å². The molecule has 0 radical (unpaired) electrons. The van der Waals surface area contributed by atoms with Crippen molar-refractivity contribution in [3.63, 3.8) is 0 Å². The monoisotopic (exact) mass is 403 g/mol. The fourth-order valence-corrected chi connectivity index (χ4v) is 2.48. The number of ether oxygens (including phenoxy) is 1. The second-order valence-electron chi connectivity index (χ2n) is 6.13. The van der Waals surface area contributed by atoms with Crippen molar-refractivity contribution in [2.75, 3.05) is 0 Å². The molecule has 0 fully saturated rings. The Bertz CT molecular complexity index is 1020. The molecule has 0 atom stereocenters. The molecule has 150 valence electrons. The fraction of sp³-hybridized carbons (Fsp3) is 0.143. The third-order valence-electron chi connectivity index (χ3n) is 4.02. The molecule has 0 bridgehead atoms. The number of carboxylic acids is 1. The maximum atomic E-state index is 12.7. The van der Waals surface area contributed by atoms with Crippen LogP contribution in [0.4, 0.5) is 13.2 Å². The number of carboxylic acid groups (broad SMARTS) is 1. The van der Waals surface area contributed by atoms with Crippen molar-refractivity contribution in [3.8, 4) is 17.2 Å². The molecule has 0 unspecified atom stereocenters. The van der Waals surface area contributed by atoms with Crippen LogP contribution in [0.25, 0.3) is 17.5 Å². The lowest BCUT2D eigenvalue weighted by atomic mass is 10.1. The van der Waals surface area contributed by atoms with Gasteiger partial charge in [-0.2, -0.15) is 13.2 Å². The molecule has 1 heterocycles. The molecule has 3 aromatic rings. The van der Waals surface area contributed by atoms with E-state index in [0.29, 0.717) is 28.3 Å². The van der Waals surface area contributed by atoms with Crippen LogP contribution in [0.15, 0.2) is 59.0 Å². The highest BCUT2D eigenvalue weighted by Gasteiger charge is 2.30. The Hall–Kier alpha value is -3.55. The van der Waals surface area contributed by atoms with E-state index >= 15 is 0 Å². The Morgan fingerprint density at radius 1 is 1.14 bits per heavy atom. The second kappa shape index (κ2) is 8.22. The molecule has 0 aliphatic rings. The summed E-state index contributed by atoms with van der Waals surface area (Å²) in [6, 6.07) is 11.3. The van der Waals surface area contributed by atoms with Gasteiger partial charge in [-0.15, -0.1) is 0 Å². The predicted octanol–water partition coefficient (Wildman–Crippen LogP) is 5.35. The van der Waals surface area contributed by atoms with Gasteiger partial charge in [0.05, 0.1) is 11.3 Å². The van der Waals surface area contributed by atoms with Crippen LogP contribution in [-0.4, -0.2) is 16.1 Å². The van der Waals surface area contributed by atoms with Crippen LogP contribution in [0, 0.1) is 6.92 Å². The molecular formula is C21H16F3NO4. The van der Waals surface area contributed by atoms with E-state index in [2.05, 4.69) is 4.98 Å². The number of oxazole rings is 1. The number of benzene rings is 2. The first-order valence-corrected chi connectivity index (χ1v) is 8.50. The minimum absolute atomic E-state index is 0.0871. The van der Waals surface area contributed by atoms with E-state index in [1.54, 1.807) is 31.2 Å². The third kappa shape index (κ3) is 5.25. The zero-order chi connectivity index (χ0) is 21.0. The number of halogens is 3. The highest BCUT2D eigenvalue weighted by Crippen LogP contribution is 2.31. The molecule has 29 heavy (non-hydrogen) atoms. The first-order valence-electron chi connectivity index (χ1n) is 8.50. The summed E-state index contributed by atoms with van der Waals surface area (Å²) < 4.78 is 49.3. The van der Waals surface area contributed by atoms with Crippen LogP contribution in [0.1, 0.15) is 22.6 Å². The summed E-state index contributed by atoms with van der Waals surface area (Å²) in [5.41, 5.74) is 0.970. The fourth-order valence-electron chi connectivity index (χ4n) is 2.48. The molecule has 0 amide bonds. The van der Waals surface area contributed by atoms with Gasteiger partial charge in [0.15, 0.2) is 5.76 Å². The van der Waals surface area contributed by atoms with Gasteiger partial charge >= 0.3 is 12.1 Å². The predicted molar refractivity (Wildman–Crippen MR) is 99.1 cm³/mol. The molecule has 1 N–H and O–H groups in total. The van der Waals surface area contributed by atoms with E-state index in [-0.39, 0.29) is 12.5 Å². The average Bonchev–Trinajstić information content (AvgIpc) is 3.05. The zero-order valence-electron chi connectivity index (χ0n) is 15.2. The smallest absolute Gasteiger partial charge is 0.416 e. The first-order chi connectivity index (χ1) is 13.7. The third-order valence-corrected chi connectivity index (χ3v) is 4.02. The Morgan fingerprint density at radius 3 is 2.38 bits per heavy atom. The van der Waals surface area contributed by atoms with E-state index in [9.17, 15) is 18.0 Å². The SMILES string of the molecule is Cc1nc(-c2ccc(C(F)(F)F)cc2)oc1COc1ccc(/C=C/C(=O)O)cc1. The number of aromatic nitrogens is 1. The van der Waals surface area contributed by atoms with Gasteiger partial charge in [0.1, 0.15) is 12.4 Å². The molecule has 3 rings (SSSR count). The Labute approximate surface area is 164 Å². The molecular weight excluding hydrogens is 387 g/mol. The maximum Gasteiger partial charge on any atom is 0.416 e. The number of rotatable bonds is 6. The van der Waals surface area contributed by atoms with Crippen LogP contribution in [0.5, 0.6) is 5.75 Å². The van der Waals surface area contributed by atoms with Gasteiger partial charge in [0, 0.05) is 11.6 Å². The molecule has 0 aliphatic carbocycles. The lowest BCUT2D eigenvalue weighted by Crippen LogP contribution is -2.03. The van der Waals surface area contributed by atoms with Gasteiger partial charge in [-0.25, -0.2) is 9.78 Å². The van der Waals surface area contributed by atoms with Gasteiger partial charge in [-0.05, 0) is 55.0 Å². The van der Waals surface area contributed by atoms with Crippen molar-refractivity contribution in [1.82, 2.24) is 4.98 Å². The first kappa shape index (κ1) is 20.2. The summed E-state index contributed by atoms with van der Waals surface area (Å²) in [6.45, 7) is 1.80. The van der Waals surface area contributed by atoms with Crippen molar-refractivity contribution in [3.05, 3.63) is 77.2 Å². The normalized spacial score (nSPS) is 11.7. The van der Waals surface area contributed by atoms with Gasteiger partial charge in [-0.1, -0.05) is 12.1 Å². The maximum absolute atomic E-state index is 12.7. The van der Waals surface area contributed by atoms with Crippen molar-refractivity contribution in [2.24, 2.45) is 0 Å². The van der Waals surface area contributed by atoms with Crippen LogP contribution in [0.3, 0.4) is 0 Å². The van der Waals surface area contributed by atoms with E-state index in [1.165, 1.54) is 18.2 Å². The molecule has 0 saturated heterocycles. The largest absolute Gasteiger partial charge is 0.486 e. The lowest BCUT2D eigenvalue weighted by Gasteiger charge is -2.06. The minimum Gasteiger partial charge on any atom is -0.486 e. The number of hydrogen-bond donors (Lipinski definition) is 1. The highest BCUT2D eigenvalue weighted by molar-refractivity contribution is 5.85. The Kier molecular flexibility index (Phi) is 5.72. The molecule has 8 heteroatoms. The highest BCUT2D eigenvalue weighted by atomic mass is 19.4. The molecule has 0 saturated carbocycles. The van der Waals surface area contributed by atoms with Crippen molar-refractivity contribution in [2.45, 2.75) is 19.7 Å². The van der Waals surface area contributed by atoms with E-state index in [4.69, 9.17) is 14.3 Å². The van der Waals surface area contributed by atoms with Gasteiger partial charge < -0.3 is 14.3 Å². The summed E-state index contributed by atoms with van der Waals surface area (Å²) in [5, 5.41) is 8.62. The van der Waals surface area contributed by atoms with Crippen LogP contribution in [-0.2, 0) is 17.6 Å². The topological polar surface area (TPSA) is 72.6 Å². The Balaban J connectivity index is 1.67. The summed E-state index contributed by atoms with van der Waals surface area (Å²) >= 11 is 0. The van der Waals surface area contributed by atoms with E-state index in [0.717, 1.165) is 18.2 Å². The van der Waals surface area contributed by atoms with Gasteiger partial charge in [-0.3, -0.25) is 0 Å². The number of nitrogens with zero attached hydrogens (tertiary/aromatic N) is 1. The molecule has 0 spiro atoms. The standard InChI is InChI=1S/C21H16F3NO4/c1-13-18(12-28-17-9-2-14(3-10-17)4-11-19(26)27)29-20(25-13)15-5-7-16(8-6-15)21(22,23)24/h2-11H,12H2,1H3,(H,26,27)/b11-4+. The minimum atomic E-state index is -4.40. The number of hydrogen-bond acceptors (Lipinski definition) is 4. The number of aryl methyl sites for hydroxylation is 1. The van der Waals surface area contributed by atoms with Crippen molar-refractivity contribution >= 4 is 12.0 Å². The second-order valence-corrected chi connectivity index (χ2v) is 6.13. The number of carbonyl (C=O) groups is 1. The summed E-state index contributed by atoms with van der Waals surface area (Å²) in [5.74, 6) is 0.179. The van der Waals surface area contributed by atoms with Gasteiger partial charge in [0.2, 0.25) is 5.89 Å². The lowest BCUT2D eigenvalue weighted by molar-refractivity contribution is -0.137.